The van der Waals surface area contributed by atoms with Crippen LogP contribution in [-0.4, -0.2) is 40.0 Å². The maximum atomic E-state index is 12.3. The fourth-order valence-corrected chi connectivity index (χ4v) is 3.75. The number of aromatic nitrogens is 3. The van der Waals surface area contributed by atoms with Crippen molar-refractivity contribution in [3.8, 4) is 0 Å². The monoisotopic (exact) mass is 497 g/mol. The van der Waals surface area contributed by atoms with E-state index in [0.717, 1.165) is 0 Å². The van der Waals surface area contributed by atoms with E-state index in [1.165, 1.54) is 63.0 Å². The second-order valence-corrected chi connectivity index (χ2v) is 8.08. The Labute approximate surface area is 203 Å². The molecule has 0 saturated heterocycles. The van der Waals surface area contributed by atoms with Gasteiger partial charge in [-0.2, -0.15) is 5.10 Å². The second kappa shape index (κ2) is 16.1. The molecule has 1 aliphatic carbocycles. The molecule has 0 bridgehead atoms. The van der Waals surface area contributed by atoms with E-state index in [2.05, 4.69) is 20.7 Å². The van der Waals surface area contributed by atoms with E-state index in [-0.39, 0.29) is 5.91 Å². The molecular weight excluding hydrogens is 465 g/mol. The number of amides is 1. The van der Waals surface area contributed by atoms with Gasteiger partial charge < -0.3 is 10.6 Å². The van der Waals surface area contributed by atoms with Crippen molar-refractivity contribution < 1.29 is 14.0 Å². The minimum Gasteiger partial charge on any atom is -0.373 e. The van der Waals surface area contributed by atoms with Crippen LogP contribution in [0.15, 0.2) is 29.2 Å². The molecule has 10 heteroatoms. The molecule has 1 saturated carbocycles. The van der Waals surface area contributed by atoms with Crippen LogP contribution >= 0.6 is 22.9 Å². The summed E-state index contributed by atoms with van der Waals surface area (Å²) in [7, 11) is 1.76. The van der Waals surface area contributed by atoms with Gasteiger partial charge in [0.2, 0.25) is 0 Å². The zero-order chi connectivity index (χ0) is 24.6. The number of hydrogen-bond donors (Lipinski definition) is 2. The number of hydrogen-bond acceptors (Lipinski definition) is 6. The summed E-state index contributed by atoms with van der Waals surface area (Å²) in [6, 6.07) is 1.78. The molecule has 1 amide bonds. The average molecular weight is 498 g/mol. The molecule has 0 aliphatic heterocycles. The van der Waals surface area contributed by atoms with E-state index in [9.17, 15) is 14.0 Å². The van der Waals surface area contributed by atoms with Crippen LogP contribution in [-0.2, 0) is 4.79 Å². The summed E-state index contributed by atoms with van der Waals surface area (Å²) in [5, 5.41) is 13.8. The van der Waals surface area contributed by atoms with E-state index >= 15 is 0 Å². The molecular formula is C23H33ClFN5O2S. The summed E-state index contributed by atoms with van der Waals surface area (Å²) in [6.45, 7) is 4.38. The molecule has 3 heterocycles. The molecule has 4 rings (SSSR count). The van der Waals surface area contributed by atoms with Crippen molar-refractivity contribution in [3.05, 3.63) is 39.8 Å². The SMILES string of the molecule is C1CCCCC1.CC.CC(=O)CF.CNc1ccn2ncc(C(=O)Nc3cscc3Cl)c2n1. The molecule has 182 valence electrons. The van der Waals surface area contributed by atoms with Crippen LogP contribution in [0.25, 0.3) is 5.65 Å². The van der Waals surface area contributed by atoms with Gasteiger partial charge in [-0.15, -0.1) is 11.3 Å². The summed E-state index contributed by atoms with van der Waals surface area (Å²) in [6.07, 6.45) is 12.2. The van der Waals surface area contributed by atoms with Gasteiger partial charge in [-0.25, -0.2) is 13.9 Å². The molecule has 3 aromatic heterocycles. The number of alkyl halides is 1. The number of nitrogens with zero attached hydrogens (tertiary/aromatic N) is 3. The topological polar surface area (TPSA) is 88.4 Å². The number of halogens is 2. The van der Waals surface area contributed by atoms with Crippen molar-refractivity contribution in [1.29, 1.82) is 0 Å². The molecule has 0 unspecified atom stereocenters. The van der Waals surface area contributed by atoms with Crippen LogP contribution in [0.5, 0.6) is 0 Å². The number of anilines is 2. The molecule has 3 aromatic rings. The van der Waals surface area contributed by atoms with E-state index < -0.39 is 12.5 Å². The molecule has 0 spiro atoms. The van der Waals surface area contributed by atoms with Crippen LogP contribution in [0.1, 0.15) is 69.7 Å². The van der Waals surface area contributed by atoms with Gasteiger partial charge in [0.1, 0.15) is 18.1 Å². The maximum Gasteiger partial charge on any atom is 0.261 e. The highest BCUT2D eigenvalue weighted by molar-refractivity contribution is 7.09. The van der Waals surface area contributed by atoms with E-state index in [0.29, 0.717) is 27.7 Å². The number of carbonyl (C=O) groups is 2. The maximum absolute atomic E-state index is 12.3. The predicted molar refractivity (Wildman–Crippen MR) is 136 cm³/mol. The van der Waals surface area contributed by atoms with E-state index in [1.54, 1.807) is 34.6 Å². The van der Waals surface area contributed by atoms with Crippen LogP contribution in [0.4, 0.5) is 15.9 Å². The Hall–Kier alpha value is -2.52. The smallest absolute Gasteiger partial charge is 0.261 e. The van der Waals surface area contributed by atoms with Gasteiger partial charge in [0, 0.05) is 24.0 Å². The van der Waals surface area contributed by atoms with Crippen LogP contribution in [0, 0.1) is 0 Å². The lowest BCUT2D eigenvalue weighted by Crippen LogP contribution is -2.12. The van der Waals surface area contributed by atoms with Crippen LogP contribution in [0.2, 0.25) is 5.02 Å². The number of carbonyl (C=O) groups excluding carboxylic acids is 2. The first kappa shape index (κ1) is 28.5. The zero-order valence-corrected chi connectivity index (χ0v) is 21.2. The van der Waals surface area contributed by atoms with Gasteiger partial charge in [-0.05, 0) is 13.0 Å². The third kappa shape index (κ3) is 9.88. The first-order chi connectivity index (χ1) is 16.0. The van der Waals surface area contributed by atoms with Gasteiger partial charge >= 0.3 is 0 Å². The minimum atomic E-state index is -0.833. The Balaban J connectivity index is 0.000000345. The second-order valence-electron chi connectivity index (χ2n) is 6.93. The number of nitrogens with one attached hydrogen (secondary N) is 2. The highest BCUT2D eigenvalue weighted by atomic mass is 35.5. The summed E-state index contributed by atoms with van der Waals surface area (Å²) < 4.78 is 12.3. The lowest BCUT2D eigenvalue weighted by molar-refractivity contribution is -0.117. The Bertz CT molecular complexity index is 977. The molecule has 0 radical (unpaired) electrons. The van der Waals surface area contributed by atoms with Crippen molar-refractivity contribution in [3.63, 3.8) is 0 Å². The number of Topliss-reactive ketones (excluding diaryl/α,β-unsaturated/α-hetero) is 1. The quantitative estimate of drug-likeness (QED) is 0.421. The lowest BCUT2D eigenvalue weighted by Gasteiger charge is -2.05. The Kier molecular flexibility index (Phi) is 14.0. The highest BCUT2D eigenvalue weighted by Gasteiger charge is 2.16. The molecule has 1 aliphatic rings. The summed E-state index contributed by atoms with van der Waals surface area (Å²) >= 11 is 7.38. The Morgan fingerprint density at radius 3 is 2.18 bits per heavy atom. The standard InChI is InChI=1S/C12H10ClN5OS.C6H12.C3H5FO.C2H6/c1-14-10-2-3-18-11(17-10)7(4-15-18)12(19)16-9-6-20-5-8(9)13;1-2-4-6-5-3-1;1-3(5)2-4;1-2/h2-6H,1H3,(H,14,17)(H,16,19);1-6H2;2H2,1H3;1-2H3. The van der Waals surface area contributed by atoms with Gasteiger partial charge in [-0.1, -0.05) is 64.0 Å². The van der Waals surface area contributed by atoms with Crippen molar-refractivity contribution in [2.75, 3.05) is 24.4 Å². The normalized spacial score (nSPS) is 12.2. The number of ketones is 1. The van der Waals surface area contributed by atoms with Crippen molar-refractivity contribution in [2.45, 2.75) is 59.3 Å². The zero-order valence-electron chi connectivity index (χ0n) is 19.7. The van der Waals surface area contributed by atoms with E-state index in [1.807, 2.05) is 13.8 Å². The Morgan fingerprint density at radius 1 is 1.15 bits per heavy atom. The number of rotatable bonds is 4. The molecule has 1 fully saturated rings. The Morgan fingerprint density at radius 2 is 1.73 bits per heavy atom. The fraction of sp³-hybridized carbons (Fsp3) is 0.478. The fourth-order valence-electron chi connectivity index (χ4n) is 2.79. The predicted octanol–water partition coefficient (Wildman–Crippen LogP) is 6.65. The van der Waals surface area contributed by atoms with E-state index in [4.69, 9.17) is 11.6 Å². The average Bonchev–Trinajstić information content (AvgIpc) is 3.47. The van der Waals surface area contributed by atoms with Gasteiger partial charge in [0.05, 0.1) is 16.9 Å². The van der Waals surface area contributed by atoms with Gasteiger partial charge in [0.25, 0.3) is 5.91 Å². The highest BCUT2D eigenvalue weighted by Crippen LogP contribution is 2.26. The van der Waals surface area contributed by atoms with Gasteiger partial charge in [-0.3, -0.25) is 9.59 Å². The molecule has 0 aromatic carbocycles. The third-order valence-corrected chi connectivity index (χ3v) is 5.61. The van der Waals surface area contributed by atoms with Crippen molar-refractivity contribution in [1.82, 2.24) is 14.6 Å². The molecule has 0 atom stereocenters. The first-order valence-electron chi connectivity index (χ1n) is 11.1. The van der Waals surface area contributed by atoms with Crippen LogP contribution < -0.4 is 10.6 Å². The summed E-state index contributed by atoms with van der Waals surface area (Å²) in [5.74, 6) is -0.0355. The molecule has 2 N–H and O–H groups in total. The lowest BCUT2D eigenvalue weighted by atomic mass is 10.0. The van der Waals surface area contributed by atoms with Crippen LogP contribution in [0.3, 0.4) is 0 Å². The molecule has 33 heavy (non-hydrogen) atoms. The summed E-state index contributed by atoms with van der Waals surface area (Å²) in [4.78, 5) is 26.0. The number of thiophene rings is 1. The molecule has 7 nitrogen and oxygen atoms in total. The largest absolute Gasteiger partial charge is 0.373 e. The van der Waals surface area contributed by atoms with Crippen molar-refractivity contribution in [2.24, 2.45) is 0 Å². The third-order valence-electron chi connectivity index (χ3n) is 4.42. The minimum absolute atomic E-state index is 0.291. The number of fused-ring (bicyclic) bond motifs is 1. The first-order valence-corrected chi connectivity index (χ1v) is 12.4. The van der Waals surface area contributed by atoms with Gasteiger partial charge in [0.15, 0.2) is 11.4 Å². The van der Waals surface area contributed by atoms with Crippen molar-refractivity contribution >= 4 is 51.8 Å². The summed E-state index contributed by atoms with van der Waals surface area (Å²) in [5.41, 5.74) is 1.47.